The molecule has 0 radical (unpaired) electrons. The molecule has 98 valence electrons. The number of unbranched alkanes of at least 4 members (excludes halogenated alkanes) is 1. The van der Waals surface area contributed by atoms with E-state index in [0.717, 1.165) is 6.42 Å². The Labute approximate surface area is 112 Å². The first-order valence-electron chi connectivity index (χ1n) is 7.14. The van der Waals surface area contributed by atoms with Gasteiger partial charge in [0.1, 0.15) is 0 Å². The second-order valence-corrected chi connectivity index (χ2v) is 5.56. The topological polar surface area (TPSA) is 3.24 Å². The van der Waals surface area contributed by atoms with E-state index in [1.807, 2.05) is 0 Å². The zero-order chi connectivity index (χ0) is 12.8. The van der Waals surface area contributed by atoms with Crippen molar-refractivity contribution in [2.45, 2.75) is 44.6 Å². The average Bonchev–Trinajstić information content (AvgIpc) is 3.00. The molecule has 0 aromatic rings. The normalized spacial score (nSPS) is 19.5. The number of likely N-dealkylation sites (N-methyl/N-ethyl adjacent to an activating group) is 1. The van der Waals surface area contributed by atoms with E-state index in [2.05, 4.69) is 55.5 Å². The van der Waals surface area contributed by atoms with E-state index >= 15 is 0 Å². The molecule has 0 unspecified atom stereocenters. The minimum atomic E-state index is 0.635. The van der Waals surface area contributed by atoms with Crippen LogP contribution in [0.15, 0.2) is 47.6 Å². The summed E-state index contributed by atoms with van der Waals surface area (Å²) < 4.78 is 0. The summed E-state index contributed by atoms with van der Waals surface area (Å²) in [5.41, 5.74) is 3.19. The molecule has 1 heteroatoms. The molecule has 1 atom stereocenters. The first kappa shape index (κ1) is 13.4. The molecule has 2 rings (SSSR count). The van der Waals surface area contributed by atoms with Crippen LogP contribution in [0.3, 0.4) is 0 Å². The Balaban J connectivity index is 1.69. The summed E-state index contributed by atoms with van der Waals surface area (Å²) in [5.74, 6) is 0. The number of nitrogens with zero attached hydrogens (tertiary/aromatic N) is 1. The Morgan fingerprint density at radius 1 is 1.06 bits per heavy atom. The van der Waals surface area contributed by atoms with Gasteiger partial charge in [-0.1, -0.05) is 48.5 Å². The lowest BCUT2D eigenvalue weighted by molar-refractivity contribution is 0.305. The van der Waals surface area contributed by atoms with Crippen LogP contribution in [0, 0.1) is 0 Å². The van der Waals surface area contributed by atoms with E-state index in [0.29, 0.717) is 6.04 Å². The number of hydrogen-bond acceptors (Lipinski definition) is 1. The molecule has 0 fully saturated rings. The molecule has 0 aliphatic heterocycles. The lowest BCUT2D eigenvalue weighted by atomic mass is 9.97. The number of hydrogen-bond donors (Lipinski definition) is 0. The fraction of sp³-hybridized carbons (Fsp3) is 0.529. The zero-order valence-corrected chi connectivity index (χ0v) is 11.7. The van der Waals surface area contributed by atoms with Gasteiger partial charge in [-0.15, -0.1) is 0 Å². The molecule has 1 nitrogen and oxygen atoms in total. The van der Waals surface area contributed by atoms with Crippen molar-refractivity contribution in [3.63, 3.8) is 0 Å². The van der Waals surface area contributed by atoms with Gasteiger partial charge in [0.05, 0.1) is 0 Å². The largest absolute Gasteiger partial charge is 0.303 e. The predicted octanol–water partition coefficient (Wildman–Crippen LogP) is 4.25. The Morgan fingerprint density at radius 3 is 2.44 bits per heavy atom. The maximum absolute atomic E-state index is 2.37. The molecule has 0 aromatic carbocycles. The summed E-state index contributed by atoms with van der Waals surface area (Å²) in [6, 6.07) is 0.635. The quantitative estimate of drug-likeness (QED) is 0.604. The van der Waals surface area contributed by atoms with Gasteiger partial charge in [-0.05, 0) is 51.8 Å². The van der Waals surface area contributed by atoms with Crippen molar-refractivity contribution in [2.24, 2.45) is 0 Å². The third kappa shape index (κ3) is 3.71. The van der Waals surface area contributed by atoms with Crippen LogP contribution >= 0.6 is 0 Å². The van der Waals surface area contributed by atoms with Crippen LogP contribution in [0.4, 0.5) is 0 Å². The SMILES string of the molecule is CN(C)[C@H](CCCCC1=CC=CC1)C1=CC=CC1. The second-order valence-electron chi connectivity index (χ2n) is 5.56. The molecule has 0 amide bonds. The monoisotopic (exact) mass is 243 g/mol. The van der Waals surface area contributed by atoms with E-state index in [-0.39, 0.29) is 0 Å². The maximum atomic E-state index is 2.37. The first-order chi connectivity index (χ1) is 8.77. The molecular weight excluding hydrogens is 218 g/mol. The van der Waals surface area contributed by atoms with Crippen molar-refractivity contribution in [2.75, 3.05) is 14.1 Å². The predicted molar refractivity (Wildman–Crippen MR) is 79.6 cm³/mol. The lowest BCUT2D eigenvalue weighted by Gasteiger charge is -2.25. The standard InChI is InChI=1S/C17H25N/c1-18(2)17(16-12-6-7-13-16)14-8-5-11-15-9-3-4-10-15/h3-4,6-7,9,12,17H,5,8,10-11,13-14H2,1-2H3/t17-/m1/s1. The van der Waals surface area contributed by atoms with Crippen LogP contribution in [-0.2, 0) is 0 Å². The third-order valence-electron chi connectivity index (χ3n) is 3.92. The maximum Gasteiger partial charge on any atom is 0.0307 e. The highest BCUT2D eigenvalue weighted by Gasteiger charge is 2.16. The highest BCUT2D eigenvalue weighted by molar-refractivity contribution is 5.27. The summed E-state index contributed by atoms with van der Waals surface area (Å²) in [7, 11) is 4.40. The summed E-state index contributed by atoms with van der Waals surface area (Å²) in [6.45, 7) is 0. The molecule has 2 aliphatic rings. The summed E-state index contributed by atoms with van der Waals surface area (Å²) in [5, 5.41) is 0. The van der Waals surface area contributed by atoms with Crippen LogP contribution < -0.4 is 0 Å². The van der Waals surface area contributed by atoms with Gasteiger partial charge >= 0.3 is 0 Å². The van der Waals surface area contributed by atoms with Crippen molar-refractivity contribution in [1.29, 1.82) is 0 Å². The first-order valence-corrected chi connectivity index (χ1v) is 7.14. The van der Waals surface area contributed by atoms with Gasteiger partial charge < -0.3 is 4.90 Å². The van der Waals surface area contributed by atoms with Gasteiger partial charge in [-0.25, -0.2) is 0 Å². The van der Waals surface area contributed by atoms with E-state index in [9.17, 15) is 0 Å². The highest BCUT2D eigenvalue weighted by atomic mass is 15.1. The molecular formula is C17H25N. The molecule has 0 N–H and O–H groups in total. The van der Waals surface area contributed by atoms with Crippen LogP contribution in [-0.4, -0.2) is 25.0 Å². The summed E-state index contributed by atoms with van der Waals surface area (Å²) >= 11 is 0. The molecule has 18 heavy (non-hydrogen) atoms. The molecule has 2 aliphatic carbocycles. The van der Waals surface area contributed by atoms with Crippen LogP contribution in [0.25, 0.3) is 0 Å². The fourth-order valence-corrected chi connectivity index (χ4v) is 2.85. The van der Waals surface area contributed by atoms with Crippen LogP contribution in [0.1, 0.15) is 38.5 Å². The molecule has 0 saturated carbocycles. The van der Waals surface area contributed by atoms with Crippen LogP contribution in [0.2, 0.25) is 0 Å². The van der Waals surface area contributed by atoms with Gasteiger partial charge in [0, 0.05) is 6.04 Å². The van der Waals surface area contributed by atoms with E-state index in [1.54, 1.807) is 11.1 Å². The van der Waals surface area contributed by atoms with E-state index in [1.165, 1.54) is 32.1 Å². The molecule has 0 spiro atoms. The van der Waals surface area contributed by atoms with Crippen molar-refractivity contribution in [3.8, 4) is 0 Å². The average molecular weight is 243 g/mol. The molecule has 0 aromatic heterocycles. The minimum Gasteiger partial charge on any atom is -0.303 e. The lowest BCUT2D eigenvalue weighted by Crippen LogP contribution is -2.29. The van der Waals surface area contributed by atoms with Gasteiger partial charge in [0.2, 0.25) is 0 Å². The van der Waals surface area contributed by atoms with Gasteiger partial charge in [-0.3, -0.25) is 0 Å². The Hall–Kier alpha value is -1.08. The van der Waals surface area contributed by atoms with Crippen molar-refractivity contribution in [1.82, 2.24) is 4.90 Å². The van der Waals surface area contributed by atoms with Crippen LogP contribution in [0.5, 0.6) is 0 Å². The Bertz CT molecular complexity index is 382. The van der Waals surface area contributed by atoms with Crippen molar-refractivity contribution < 1.29 is 0 Å². The number of allylic oxidation sites excluding steroid dienone is 7. The Kier molecular flexibility index (Phi) is 5.00. The zero-order valence-electron chi connectivity index (χ0n) is 11.7. The smallest absolute Gasteiger partial charge is 0.0307 e. The van der Waals surface area contributed by atoms with Crippen molar-refractivity contribution in [3.05, 3.63) is 47.6 Å². The van der Waals surface area contributed by atoms with E-state index < -0.39 is 0 Å². The minimum absolute atomic E-state index is 0.635. The van der Waals surface area contributed by atoms with Crippen molar-refractivity contribution >= 4 is 0 Å². The van der Waals surface area contributed by atoms with Gasteiger partial charge in [0.25, 0.3) is 0 Å². The molecule has 0 heterocycles. The van der Waals surface area contributed by atoms with E-state index in [4.69, 9.17) is 0 Å². The Morgan fingerprint density at radius 2 is 1.83 bits per heavy atom. The summed E-state index contributed by atoms with van der Waals surface area (Å²) in [4.78, 5) is 2.37. The van der Waals surface area contributed by atoms with Gasteiger partial charge in [0.15, 0.2) is 0 Å². The number of rotatable bonds is 7. The summed E-state index contributed by atoms with van der Waals surface area (Å²) in [6.07, 6.45) is 21.1. The fourth-order valence-electron chi connectivity index (χ4n) is 2.85. The molecule has 0 bridgehead atoms. The second kappa shape index (κ2) is 6.75. The third-order valence-corrected chi connectivity index (χ3v) is 3.92. The van der Waals surface area contributed by atoms with Gasteiger partial charge in [-0.2, -0.15) is 0 Å². The highest BCUT2D eigenvalue weighted by Crippen LogP contribution is 2.24. The molecule has 0 saturated heterocycles.